The number of anilines is 2. The van der Waals surface area contributed by atoms with E-state index in [1.165, 1.54) is 5.56 Å². The molecule has 0 amide bonds. The average molecular weight is 164 g/mol. The standard InChI is InChI=1S/C8H12N4/c1-9-7-6-3-4-12(2)8(6)11-5-10-7/h5H,3-4H2,1-2H3,(H,9,10,11). The van der Waals surface area contributed by atoms with Crippen molar-refractivity contribution in [1.82, 2.24) is 9.97 Å². The van der Waals surface area contributed by atoms with Gasteiger partial charge in [-0.3, -0.25) is 0 Å². The van der Waals surface area contributed by atoms with Gasteiger partial charge in [-0.05, 0) is 6.42 Å². The zero-order valence-electron chi connectivity index (χ0n) is 7.33. The molecule has 0 aromatic carbocycles. The van der Waals surface area contributed by atoms with Crippen molar-refractivity contribution < 1.29 is 0 Å². The van der Waals surface area contributed by atoms with Crippen LogP contribution in [-0.2, 0) is 6.42 Å². The summed E-state index contributed by atoms with van der Waals surface area (Å²) < 4.78 is 0. The molecule has 0 radical (unpaired) electrons. The summed E-state index contributed by atoms with van der Waals surface area (Å²) in [5.41, 5.74) is 1.24. The quantitative estimate of drug-likeness (QED) is 0.656. The third kappa shape index (κ3) is 0.913. The van der Waals surface area contributed by atoms with Crippen LogP contribution >= 0.6 is 0 Å². The molecule has 1 aromatic heterocycles. The minimum Gasteiger partial charge on any atom is -0.373 e. The van der Waals surface area contributed by atoms with Gasteiger partial charge in [-0.15, -0.1) is 0 Å². The first-order chi connectivity index (χ1) is 5.83. The molecule has 0 atom stereocenters. The number of aromatic nitrogens is 2. The van der Waals surface area contributed by atoms with Crippen LogP contribution in [0.15, 0.2) is 6.33 Å². The van der Waals surface area contributed by atoms with Crippen molar-refractivity contribution in [3.05, 3.63) is 11.9 Å². The molecular formula is C8H12N4. The van der Waals surface area contributed by atoms with Crippen LogP contribution in [0.25, 0.3) is 0 Å². The molecule has 0 saturated carbocycles. The lowest BCUT2D eigenvalue weighted by Crippen LogP contribution is -2.13. The number of fused-ring (bicyclic) bond motifs is 1. The summed E-state index contributed by atoms with van der Waals surface area (Å²) in [5, 5.41) is 3.07. The van der Waals surface area contributed by atoms with Gasteiger partial charge in [0.1, 0.15) is 18.0 Å². The molecule has 0 unspecified atom stereocenters. The zero-order valence-corrected chi connectivity index (χ0v) is 7.33. The Morgan fingerprint density at radius 2 is 2.33 bits per heavy atom. The maximum absolute atomic E-state index is 4.22. The lowest BCUT2D eigenvalue weighted by molar-refractivity contribution is 0.945. The summed E-state index contributed by atoms with van der Waals surface area (Å²) in [7, 11) is 3.94. The smallest absolute Gasteiger partial charge is 0.137 e. The minimum atomic E-state index is 0.962. The first-order valence-electron chi connectivity index (χ1n) is 4.05. The first-order valence-corrected chi connectivity index (χ1v) is 4.05. The lowest BCUT2D eigenvalue weighted by atomic mass is 10.2. The number of hydrogen-bond donors (Lipinski definition) is 1. The van der Waals surface area contributed by atoms with E-state index in [1.54, 1.807) is 6.33 Å². The van der Waals surface area contributed by atoms with Crippen LogP contribution in [0.1, 0.15) is 5.56 Å². The molecule has 0 bridgehead atoms. The van der Waals surface area contributed by atoms with Crippen LogP contribution in [0, 0.1) is 0 Å². The number of likely N-dealkylation sites (N-methyl/N-ethyl adjacent to an activating group) is 1. The fourth-order valence-corrected chi connectivity index (χ4v) is 1.56. The molecule has 0 spiro atoms. The predicted molar refractivity (Wildman–Crippen MR) is 48.6 cm³/mol. The van der Waals surface area contributed by atoms with Crippen LogP contribution < -0.4 is 10.2 Å². The van der Waals surface area contributed by atoms with E-state index in [0.717, 1.165) is 24.6 Å². The van der Waals surface area contributed by atoms with Crippen molar-refractivity contribution in [2.24, 2.45) is 0 Å². The van der Waals surface area contributed by atoms with Gasteiger partial charge in [-0.1, -0.05) is 0 Å². The molecule has 1 aliphatic rings. The van der Waals surface area contributed by atoms with Crippen LogP contribution in [0.5, 0.6) is 0 Å². The van der Waals surface area contributed by atoms with E-state index < -0.39 is 0 Å². The molecule has 1 aromatic rings. The number of nitrogens with zero attached hydrogens (tertiary/aromatic N) is 3. The molecule has 4 heteroatoms. The third-order valence-corrected chi connectivity index (χ3v) is 2.22. The summed E-state index contributed by atoms with van der Waals surface area (Å²) in [6.45, 7) is 1.04. The Kier molecular flexibility index (Phi) is 1.60. The lowest BCUT2D eigenvalue weighted by Gasteiger charge is -2.10. The zero-order chi connectivity index (χ0) is 8.55. The third-order valence-electron chi connectivity index (χ3n) is 2.22. The first kappa shape index (κ1) is 7.34. The molecule has 1 aliphatic heterocycles. The molecule has 1 N–H and O–H groups in total. The van der Waals surface area contributed by atoms with Crippen LogP contribution in [0.4, 0.5) is 11.6 Å². The van der Waals surface area contributed by atoms with Gasteiger partial charge in [0.05, 0.1) is 0 Å². The molecule has 64 valence electrons. The van der Waals surface area contributed by atoms with E-state index in [-0.39, 0.29) is 0 Å². The summed E-state index contributed by atoms with van der Waals surface area (Å²) in [6.07, 6.45) is 2.65. The Morgan fingerprint density at radius 1 is 1.50 bits per heavy atom. The summed E-state index contributed by atoms with van der Waals surface area (Å²) in [6, 6.07) is 0. The van der Waals surface area contributed by atoms with Gasteiger partial charge in [0.25, 0.3) is 0 Å². The normalized spacial score (nSPS) is 14.7. The molecule has 0 fully saturated rings. The van der Waals surface area contributed by atoms with E-state index in [1.807, 2.05) is 7.05 Å². The van der Waals surface area contributed by atoms with Gasteiger partial charge < -0.3 is 10.2 Å². The molecule has 2 rings (SSSR count). The molecule has 2 heterocycles. The van der Waals surface area contributed by atoms with Gasteiger partial charge in [0.15, 0.2) is 0 Å². The highest BCUT2D eigenvalue weighted by atomic mass is 15.2. The molecule has 4 nitrogen and oxygen atoms in total. The van der Waals surface area contributed by atoms with E-state index in [2.05, 4.69) is 27.2 Å². The van der Waals surface area contributed by atoms with Crippen molar-refractivity contribution in [1.29, 1.82) is 0 Å². The Bertz CT molecular complexity index is 297. The predicted octanol–water partition coefficient (Wildman–Crippen LogP) is 0.511. The fraction of sp³-hybridized carbons (Fsp3) is 0.500. The Balaban J connectivity index is 2.50. The van der Waals surface area contributed by atoms with Crippen molar-refractivity contribution in [3.63, 3.8) is 0 Å². The second-order valence-electron chi connectivity index (χ2n) is 2.95. The van der Waals surface area contributed by atoms with Gasteiger partial charge in [0, 0.05) is 26.2 Å². The van der Waals surface area contributed by atoms with Crippen molar-refractivity contribution in [2.75, 3.05) is 30.9 Å². The van der Waals surface area contributed by atoms with Gasteiger partial charge in [0.2, 0.25) is 0 Å². The number of nitrogens with one attached hydrogen (secondary N) is 1. The van der Waals surface area contributed by atoms with Crippen LogP contribution in [-0.4, -0.2) is 30.6 Å². The highest BCUT2D eigenvalue weighted by molar-refractivity contribution is 5.61. The number of rotatable bonds is 1. The summed E-state index contributed by atoms with van der Waals surface area (Å²) >= 11 is 0. The Labute approximate surface area is 71.6 Å². The van der Waals surface area contributed by atoms with Crippen molar-refractivity contribution in [2.45, 2.75) is 6.42 Å². The van der Waals surface area contributed by atoms with Crippen molar-refractivity contribution >= 4 is 11.6 Å². The average Bonchev–Trinajstić information content (AvgIpc) is 2.48. The fourth-order valence-electron chi connectivity index (χ4n) is 1.56. The van der Waals surface area contributed by atoms with Crippen molar-refractivity contribution in [3.8, 4) is 0 Å². The SMILES string of the molecule is CNc1ncnc2c1CCN2C. The maximum Gasteiger partial charge on any atom is 0.137 e. The van der Waals surface area contributed by atoms with Crippen LogP contribution in [0.3, 0.4) is 0 Å². The second kappa shape index (κ2) is 2.62. The number of hydrogen-bond acceptors (Lipinski definition) is 4. The van der Waals surface area contributed by atoms with Gasteiger partial charge >= 0.3 is 0 Å². The molecular weight excluding hydrogens is 152 g/mol. The topological polar surface area (TPSA) is 41.1 Å². The highest BCUT2D eigenvalue weighted by Gasteiger charge is 2.20. The minimum absolute atomic E-state index is 0.962. The Hall–Kier alpha value is -1.32. The molecule has 0 saturated heterocycles. The summed E-state index contributed by atoms with van der Waals surface area (Å²) in [4.78, 5) is 10.5. The molecule has 0 aliphatic carbocycles. The van der Waals surface area contributed by atoms with E-state index in [0.29, 0.717) is 0 Å². The highest BCUT2D eigenvalue weighted by Crippen LogP contribution is 2.27. The van der Waals surface area contributed by atoms with E-state index >= 15 is 0 Å². The monoisotopic (exact) mass is 164 g/mol. The van der Waals surface area contributed by atoms with E-state index in [9.17, 15) is 0 Å². The second-order valence-corrected chi connectivity index (χ2v) is 2.95. The van der Waals surface area contributed by atoms with E-state index in [4.69, 9.17) is 0 Å². The summed E-state index contributed by atoms with van der Waals surface area (Å²) in [5.74, 6) is 2.03. The van der Waals surface area contributed by atoms with Gasteiger partial charge in [-0.2, -0.15) is 0 Å². The Morgan fingerprint density at radius 3 is 3.08 bits per heavy atom. The van der Waals surface area contributed by atoms with Gasteiger partial charge in [-0.25, -0.2) is 9.97 Å². The largest absolute Gasteiger partial charge is 0.373 e. The van der Waals surface area contributed by atoms with Crippen LogP contribution in [0.2, 0.25) is 0 Å². The molecule has 12 heavy (non-hydrogen) atoms. The maximum atomic E-state index is 4.22.